The third-order valence-electron chi connectivity index (χ3n) is 6.14. The van der Waals surface area contributed by atoms with Crippen molar-refractivity contribution in [3.8, 4) is 11.3 Å². The molecule has 2 aromatic rings. The Morgan fingerprint density at radius 1 is 1.22 bits per heavy atom. The summed E-state index contributed by atoms with van der Waals surface area (Å²) >= 11 is 0. The molecular weight excluding hydrogens is 501 g/mol. The molecule has 1 aliphatic rings. The lowest BCUT2D eigenvalue weighted by molar-refractivity contribution is -0.0865. The maximum atomic E-state index is 13.6. The molecule has 1 aromatic carbocycles. The van der Waals surface area contributed by atoms with Crippen LogP contribution in [0.25, 0.3) is 17.3 Å². The van der Waals surface area contributed by atoms with Gasteiger partial charge < -0.3 is 19.7 Å². The second-order valence-electron chi connectivity index (χ2n) is 9.54. The van der Waals surface area contributed by atoms with Crippen LogP contribution < -0.4 is 4.31 Å². The van der Waals surface area contributed by atoms with Crippen molar-refractivity contribution in [2.45, 2.75) is 70.6 Å². The van der Waals surface area contributed by atoms with E-state index in [1.807, 2.05) is 20.8 Å². The lowest BCUT2D eigenvalue weighted by Crippen LogP contribution is -2.27. The molecule has 4 atom stereocenters. The van der Waals surface area contributed by atoms with Crippen LogP contribution in [0.5, 0.6) is 0 Å². The molecule has 2 N–H and O–H groups in total. The summed E-state index contributed by atoms with van der Waals surface area (Å²) in [5.74, 6) is -0.558. The Bertz CT molecular complexity index is 1190. The topological polar surface area (TPSA) is 122 Å². The number of aliphatic hydroxyl groups excluding tert-OH is 2. The maximum absolute atomic E-state index is 13.6. The van der Waals surface area contributed by atoms with Crippen molar-refractivity contribution in [3.63, 3.8) is 0 Å². The Balaban J connectivity index is 1.91. The SMILES string of the molecule is CCC1COC(CC(O)CC(O)/C=C/c2c(-c3ccc(F)cc3)nc(N(C)S(C)(=O)=O)nc2C(C)C)O1. The molecule has 0 bridgehead atoms. The number of aromatic nitrogens is 2. The summed E-state index contributed by atoms with van der Waals surface area (Å²) in [5, 5.41) is 21.1. The Labute approximate surface area is 218 Å². The number of rotatable bonds is 11. The van der Waals surface area contributed by atoms with E-state index in [0.29, 0.717) is 29.1 Å². The molecule has 9 nitrogen and oxygen atoms in total. The average molecular weight is 538 g/mol. The van der Waals surface area contributed by atoms with E-state index in [1.165, 1.54) is 25.3 Å². The minimum Gasteiger partial charge on any atom is -0.393 e. The Hall–Kier alpha value is -2.44. The fourth-order valence-corrected chi connectivity index (χ4v) is 4.30. The third kappa shape index (κ3) is 7.78. The Morgan fingerprint density at radius 3 is 2.46 bits per heavy atom. The first kappa shape index (κ1) is 29.1. The summed E-state index contributed by atoms with van der Waals surface area (Å²) in [6.45, 7) is 6.31. The third-order valence-corrected chi connectivity index (χ3v) is 7.30. The number of aliphatic hydroxyl groups is 2. The number of nitrogens with zero attached hydrogens (tertiary/aromatic N) is 3. The molecule has 11 heteroatoms. The minimum absolute atomic E-state index is 0.0133. The molecule has 1 aliphatic heterocycles. The van der Waals surface area contributed by atoms with Crippen LogP contribution in [0.3, 0.4) is 0 Å². The highest BCUT2D eigenvalue weighted by molar-refractivity contribution is 7.92. The highest BCUT2D eigenvalue weighted by Crippen LogP contribution is 2.32. The van der Waals surface area contributed by atoms with E-state index in [2.05, 4.69) is 9.97 Å². The van der Waals surface area contributed by atoms with E-state index in [9.17, 15) is 23.0 Å². The van der Waals surface area contributed by atoms with Gasteiger partial charge in [0.15, 0.2) is 6.29 Å². The van der Waals surface area contributed by atoms with Gasteiger partial charge in [-0.3, -0.25) is 0 Å². The van der Waals surface area contributed by atoms with E-state index >= 15 is 0 Å². The lowest BCUT2D eigenvalue weighted by atomic mass is 9.97. The van der Waals surface area contributed by atoms with Gasteiger partial charge in [0, 0.05) is 31.0 Å². The van der Waals surface area contributed by atoms with Crippen LogP contribution in [-0.4, -0.2) is 73.1 Å². The molecule has 4 unspecified atom stereocenters. The predicted molar refractivity (Wildman–Crippen MR) is 140 cm³/mol. The highest BCUT2D eigenvalue weighted by Gasteiger charge is 2.27. The van der Waals surface area contributed by atoms with Crippen LogP contribution in [0.4, 0.5) is 10.3 Å². The molecule has 0 amide bonds. The first-order valence-electron chi connectivity index (χ1n) is 12.3. The molecule has 2 heterocycles. The van der Waals surface area contributed by atoms with Crippen molar-refractivity contribution in [2.24, 2.45) is 0 Å². The molecule has 0 radical (unpaired) electrons. The molecular formula is C26H36FN3O6S. The molecule has 3 rings (SSSR count). The van der Waals surface area contributed by atoms with Crippen LogP contribution in [0.1, 0.15) is 57.2 Å². The van der Waals surface area contributed by atoms with Crippen LogP contribution in [-0.2, 0) is 19.5 Å². The molecule has 0 saturated carbocycles. The van der Waals surface area contributed by atoms with Crippen molar-refractivity contribution < 1.29 is 32.5 Å². The van der Waals surface area contributed by atoms with Crippen molar-refractivity contribution >= 4 is 22.0 Å². The Kier molecular flexibility index (Phi) is 9.76. The minimum atomic E-state index is -3.63. The van der Waals surface area contributed by atoms with E-state index in [1.54, 1.807) is 18.2 Å². The van der Waals surface area contributed by atoms with Gasteiger partial charge in [-0.05, 0) is 36.6 Å². The number of halogens is 1. The van der Waals surface area contributed by atoms with Crippen molar-refractivity contribution in [1.29, 1.82) is 0 Å². The first-order chi connectivity index (χ1) is 17.4. The van der Waals surface area contributed by atoms with Gasteiger partial charge in [-0.1, -0.05) is 32.9 Å². The second kappa shape index (κ2) is 12.4. The largest absolute Gasteiger partial charge is 0.393 e. The van der Waals surface area contributed by atoms with E-state index in [-0.39, 0.29) is 30.8 Å². The summed E-state index contributed by atoms with van der Waals surface area (Å²) in [7, 11) is -2.26. The molecule has 0 aliphatic carbocycles. The second-order valence-corrected chi connectivity index (χ2v) is 11.6. The fraction of sp³-hybridized carbons (Fsp3) is 0.538. The van der Waals surface area contributed by atoms with Gasteiger partial charge in [0.2, 0.25) is 16.0 Å². The number of ether oxygens (including phenoxy) is 2. The van der Waals surface area contributed by atoms with Crippen molar-refractivity contribution in [1.82, 2.24) is 9.97 Å². The summed E-state index contributed by atoms with van der Waals surface area (Å²) in [4.78, 5) is 9.01. The number of benzene rings is 1. The van der Waals surface area contributed by atoms with Gasteiger partial charge in [-0.15, -0.1) is 0 Å². The van der Waals surface area contributed by atoms with Crippen LogP contribution >= 0.6 is 0 Å². The molecule has 0 spiro atoms. The quantitative estimate of drug-likeness (QED) is 0.447. The maximum Gasteiger partial charge on any atom is 0.239 e. The van der Waals surface area contributed by atoms with Crippen LogP contribution in [0.2, 0.25) is 0 Å². The van der Waals surface area contributed by atoms with Gasteiger partial charge in [-0.25, -0.2) is 27.1 Å². The smallest absolute Gasteiger partial charge is 0.239 e. The monoisotopic (exact) mass is 537 g/mol. The molecule has 1 aromatic heterocycles. The van der Waals surface area contributed by atoms with Gasteiger partial charge in [0.05, 0.1) is 42.6 Å². The highest BCUT2D eigenvalue weighted by atomic mass is 32.2. The number of hydrogen-bond acceptors (Lipinski definition) is 8. The van der Waals surface area contributed by atoms with Gasteiger partial charge in [-0.2, -0.15) is 0 Å². The normalized spacial score (nSPS) is 20.0. The van der Waals surface area contributed by atoms with E-state index in [4.69, 9.17) is 9.47 Å². The van der Waals surface area contributed by atoms with Gasteiger partial charge in [0.1, 0.15) is 5.82 Å². The number of anilines is 1. The zero-order valence-electron chi connectivity index (χ0n) is 21.8. The molecule has 204 valence electrons. The average Bonchev–Trinajstić information content (AvgIpc) is 3.29. The summed E-state index contributed by atoms with van der Waals surface area (Å²) < 4.78 is 50.2. The fourth-order valence-electron chi connectivity index (χ4n) is 3.92. The summed E-state index contributed by atoms with van der Waals surface area (Å²) in [5.41, 5.74) is 2.08. The molecule has 37 heavy (non-hydrogen) atoms. The van der Waals surface area contributed by atoms with Gasteiger partial charge >= 0.3 is 0 Å². The summed E-state index contributed by atoms with van der Waals surface area (Å²) in [6, 6.07) is 5.69. The summed E-state index contributed by atoms with van der Waals surface area (Å²) in [6.07, 6.45) is 3.08. The first-order valence-corrected chi connectivity index (χ1v) is 14.2. The van der Waals surface area contributed by atoms with E-state index < -0.39 is 34.3 Å². The number of sulfonamides is 1. The van der Waals surface area contributed by atoms with E-state index in [0.717, 1.165) is 17.0 Å². The standard InChI is InChI=1S/C26H36FN3O6S/c1-6-21-15-35-23(36-21)14-20(32)13-19(31)11-12-22-24(16(2)3)28-26(30(4)37(5,33)34)29-25(22)17-7-9-18(27)10-8-17/h7-12,16,19-21,23,31-32H,6,13-15H2,1-5H3/b12-11+. The van der Waals surface area contributed by atoms with Crippen molar-refractivity contribution in [3.05, 3.63) is 47.4 Å². The van der Waals surface area contributed by atoms with Crippen LogP contribution in [0, 0.1) is 5.82 Å². The molecule has 1 saturated heterocycles. The van der Waals surface area contributed by atoms with Crippen molar-refractivity contribution in [2.75, 3.05) is 24.2 Å². The zero-order valence-corrected chi connectivity index (χ0v) is 22.7. The lowest BCUT2D eigenvalue weighted by Gasteiger charge is -2.21. The molecule has 1 fully saturated rings. The van der Waals surface area contributed by atoms with Gasteiger partial charge in [0.25, 0.3) is 0 Å². The zero-order chi connectivity index (χ0) is 27.3. The van der Waals surface area contributed by atoms with Crippen LogP contribution in [0.15, 0.2) is 30.3 Å². The number of hydrogen-bond donors (Lipinski definition) is 2. The predicted octanol–water partition coefficient (Wildman–Crippen LogP) is 3.47. The Morgan fingerprint density at radius 2 is 1.89 bits per heavy atom.